The maximum absolute atomic E-state index is 13.4. The van der Waals surface area contributed by atoms with E-state index in [4.69, 9.17) is 21.1 Å². The van der Waals surface area contributed by atoms with E-state index in [0.29, 0.717) is 45.0 Å². The fraction of sp³-hybridized carbons (Fsp3) is 0.120. The molecule has 0 bridgehead atoms. The van der Waals surface area contributed by atoms with E-state index in [1.54, 1.807) is 30.3 Å². The van der Waals surface area contributed by atoms with Crippen molar-refractivity contribution in [2.45, 2.75) is 13.5 Å². The van der Waals surface area contributed by atoms with Gasteiger partial charge >= 0.3 is 0 Å². The molecular weight excluding hydrogens is 482 g/mol. The SMILES string of the molecule is CCOc1cc(/C=C2/SC(=Nc3ccc(F)cc3)NC2=O)cc(Cl)c1OCc1cccc(F)c1. The Morgan fingerprint density at radius 1 is 1.06 bits per heavy atom. The number of hydrogen-bond donors (Lipinski definition) is 1. The molecule has 174 valence electrons. The number of nitrogens with one attached hydrogen (secondary N) is 1. The predicted molar refractivity (Wildman–Crippen MR) is 131 cm³/mol. The van der Waals surface area contributed by atoms with E-state index in [9.17, 15) is 13.6 Å². The highest BCUT2D eigenvalue weighted by Crippen LogP contribution is 2.39. The Kier molecular flexibility index (Phi) is 7.49. The normalized spacial score (nSPS) is 15.6. The third kappa shape index (κ3) is 5.95. The molecule has 0 atom stereocenters. The van der Waals surface area contributed by atoms with Crippen molar-refractivity contribution in [2.75, 3.05) is 6.61 Å². The molecule has 0 aliphatic carbocycles. The highest BCUT2D eigenvalue weighted by molar-refractivity contribution is 8.18. The zero-order valence-corrected chi connectivity index (χ0v) is 19.6. The lowest BCUT2D eigenvalue weighted by atomic mass is 10.1. The summed E-state index contributed by atoms with van der Waals surface area (Å²) >= 11 is 7.63. The van der Waals surface area contributed by atoms with Crippen LogP contribution in [0.15, 0.2) is 70.6 Å². The molecule has 1 saturated heterocycles. The van der Waals surface area contributed by atoms with Gasteiger partial charge in [0.15, 0.2) is 16.7 Å². The van der Waals surface area contributed by atoms with E-state index in [1.807, 2.05) is 6.92 Å². The molecule has 0 saturated carbocycles. The lowest BCUT2D eigenvalue weighted by molar-refractivity contribution is -0.115. The van der Waals surface area contributed by atoms with Gasteiger partial charge in [0.05, 0.1) is 22.2 Å². The zero-order valence-electron chi connectivity index (χ0n) is 18.0. The van der Waals surface area contributed by atoms with E-state index >= 15 is 0 Å². The Morgan fingerprint density at radius 2 is 1.85 bits per heavy atom. The van der Waals surface area contributed by atoms with Crippen molar-refractivity contribution < 1.29 is 23.0 Å². The van der Waals surface area contributed by atoms with E-state index in [-0.39, 0.29) is 29.2 Å². The molecule has 1 N–H and O–H groups in total. The van der Waals surface area contributed by atoms with Crippen molar-refractivity contribution in [3.8, 4) is 11.5 Å². The van der Waals surface area contributed by atoms with Crippen molar-refractivity contribution in [2.24, 2.45) is 4.99 Å². The van der Waals surface area contributed by atoms with E-state index in [0.717, 1.165) is 11.8 Å². The third-order valence-electron chi connectivity index (χ3n) is 4.61. The first kappa shape index (κ1) is 23.8. The molecule has 4 rings (SSSR count). The average molecular weight is 501 g/mol. The summed E-state index contributed by atoms with van der Waals surface area (Å²) in [6.45, 7) is 2.31. The van der Waals surface area contributed by atoms with Gasteiger partial charge in [-0.15, -0.1) is 0 Å². The Hall–Kier alpha value is -3.36. The first-order valence-corrected chi connectivity index (χ1v) is 11.5. The van der Waals surface area contributed by atoms with Crippen molar-refractivity contribution in [1.82, 2.24) is 5.32 Å². The van der Waals surface area contributed by atoms with E-state index in [1.165, 1.54) is 36.4 Å². The van der Waals surface area contributed by atoms with Crippen LogP contribution < -0.4 is 14.8 Å². The summed E-state index contributed by atoms with van der Waals surface area (Å²) in [6.07, 6.45) is 1.66. The van der Waals surface area contributed by atoms with Crippen molar-refractivity contribution in [3.05, 3.63) is 93.4 Å². The molecule has 0 aromatic heterocycles. The molecule has 1 heterocycles. The molecule has 9 heteroatoms. The van der Waals surface area contributed by atoms with Gasteiger partial charge in [0.1, 0.15) is 18.2 Å². The van der Waals surface area contributed by atoms with Crippen LogP contribution in [-0.4, -0.2) is 17.7 Å². The van der Waals surface area contributed by atoms with Crippen molar-refractivity contribution in [3.63, 3.8) is 0 Å². The van der Waals surface area contributed by atoms with Gasteiger partial charge in [-0.2, -0.15) is 0 Å². The minimum atomic E-state index is -0.363. The lowest BCUT2D eigenvalue weighted by Crippen LogP contribution is -2.19. The summed E-state index contributed by atoms with van der Waals surface area (Å²) in [7, 11) is 0. The zero-order chi connectivity index (χ0) is 24.1. The van der Waals surface area contributed by atoms with Crippen LogP contribution in [0.4, 0.5) is 14.5 Å². The van der Waals surface area contributed by atoms with Crippen LogP contribution in [-0.2, 0) is 11.4 Å². The number of halogens is 3. The second-order valence-electron chi connectivity index (χ2n) is 7.14. The van der Waals surface area contributed by atoms with Gasteiger partial charge in [0.2, 0.25) is 0 Å². The maximum Gasteiger partial charge on any atom is 0.264 e. The monoisotopic (exact) mass is 500 g/mol. The van der Waals surface area contributed by atoms with Crippen molar-refractivity contribution in [1.29, 1.82) is 0 Å². The minimum Gasteiger partial charge on any atom is -0.490 e. The number of nitrogens with zero attached hydrogens (tertiary/aromatic N) is 1. The number of hydrogen-bond acceptors (Lipinski definition) is 5. The molecule has 0 unspecified atom stereocenters. The molecule has 3 aromatic rings. The van der Waals surface area contributed by atoms with Crippen molar-refractivity contribution >= 4 is 46.2 Å². The quantitative estimate of drug-likeness (QED) is 0.377. The van der Waals surface area contributed by atoms with Crippen LogP contribution in [0.2, 0.25) is 5.02 Å². The van der Waals surface area contributed by atoms with Gasteiger partial charge < -0.3 is 14.8 Å². The summed E-state index contributed by atoms with van der Waals surface area (Å²) in [4.78, 5) is 17.2. The number of benzene rings is 3. The summed E-state index contributed by atoms with van der Waals surface area (Å²) in [5.41, 5.74) is 1.80. The van der Waals surface area contributed by atoms with Crippen LogP contribution in [0.3, 0.4) is 0 Å². The van der Waals surface area contributed by atoms with Gasteiger partial charge in [0, 0.05) is 0 Å². The second kappa shape index (κ2) is 10.7. The Balaban J connectivity index is 1.55. The fourth-order valence-corrected chi connectivity index (χ4v) is 4.24. The Morgan fingerprint density at radius 3 is 2.59 bits per heavy atom. The van der Waals surface area contributed by atoms with E-state index < -0.39 is 0 Å². The number of amidine groups is 1. The Bertz CT molecular complexity index is 1280. The fourth-order valence-electron chi connectivity index (χ4n) is 3.12. The third-order valence-corrected chi connectivity index (χ3v) is 5.80. The minimum absolute atomic E-state index is 0.111. The molecule has 34 heavy (non-hydrogen) atoms. The number of carbonyl (C=O) groups is 1. The van der Waals surface area contributed by atoms with Crippen LogP contribution in [0, 0.1) is 11.6 Å². The topological polar surface area (TPSA) is 59.9 Å². The van der Waals surface area contributed by atoms with Gasteiger partial charge in [0.25, 0.3) is 5.91 Å². The molecule has 1 fully saturated rings. The van der Waals surface area contributed by atoms with Gasteiger partial charge in [-0.3, -0.25) is 4.79 Å². The highest BCUT2D eigenvalue weighted by Gasteiger charge is 2.24. The molecule has 3 aromatic carbocycles. The number of carbonyl (C=O) groups excluding carboxylic acids is 1. The molecule has 0 radical (unpaired) electrons. The number of amides is 1. The number of thioether (sulfide) groups is 1. The van der Waals surface area contributed by atoms with Crippen LogP contribution in [0.25, 0.3) is 6.08 Å². The van der Waals surface area contributed by atoms with Gasteiger partial charge in [-0.05, 0) is 84.4 Å². The molecule has 0 spiro atoms. The Labute approximate surface area is 204 Å². The maximum atomic E-state index is 13.4. The van der Waals surface area contributed by atoms with Crippen LogP contribution in [0.5, 0.6) is 11.5 Å². The number of aliphatic imine (C=N–C) groups is 1. The second-order valence-corrected chi connectivity index (χ2v) is 8.58. The molecule has 5 nitrogen and oxygen atoms in total. The summed E-state index contributed by atoms with van der Waals surface area (Å²) in [5.74, 6) is -0.294. The highest BCUT2D eigenvalue weighted by atomic mass is 35.5. The van der Waals surface area contributed by atoms with Gasteiger partial charge in [-0.1, -0.05) is 23.7 Å². The average Bonchev–Trinajstić information content (AvgIpc) is 3.13. The first-order valence-electron chi connectivity index (χ1n) is 10.3. The summed E-state index contributed by atoms with van der Waals surface area (Å²) in [5, 5.41) is 3.36. The summed E-state index contributed by atoms with van der Waals surface area (Å²) < 4.78 is 38.1. The molecule has 1 amide bonds. The van der Waals surface area contributed by atoms with Gasteiger partial charge in [-0.25, -0.2) is 13.8 Å². The number of ether oxygens (including phenoxy) is 2. The van der Waals surface area contributed by atoms with E-state index in [2.05, 4.69) is 10.3 Å². The molecule has 1 aliphatic heterocycles. The number of rotatable bonds is 7. The standard InChI is InChI=1S/C25H19ClF2N2O3S/c1-2-32-21-12-16(11-20(26)23(21)33-14-15-4-3-5-18(28)10-15)13-22-24(31)30-25(34-22)29-19-8-6-17(27)7-9-19/h3-13H,2,14H2,1H3,(H,29,30,31)/b22-13+. The smallest absolute Gasteiger partial charge is 0.264 e. The predicted octanol–water partition coefficient (Wildman–Crippen LogP) is 6.49. The molecular formula is C25H19ClF2N2O3S. The lowest BCUT2D eigenvalue weighted by Gasteiger charge is -2.14. The van der Waals surface area contributed by atoms with Crippen LogP contribution >= 0.6 is 23.4 Å². The van der Waals surface area contributed by atoms with Crippen LogP contribution in [0.1, 0.15) is 18.1 Å². The summed E-state index contributed by atoms with van der Waals surface area (Å²) in [6, 6.07) is 15.1. The largest absolute Gasteiger partial charge is 0.490 e. The molecule has 1 aliphatic rings. The first-order chi connectivity index (χ1) is 16.4.